The van der Waals surface area contributed by atoms with E-state index in [-0.39, 0.29) is 5.82 Å². The molecule has 8 heteroatoms. The van der Waals surface area contributed by atoms with Crippen LogP contribution in [0.5, 0.6) is 0 Å². The largest absolute Gasteiger partial charge is 0.356 e. The molecule has 1 saturated heterocycles. The topological polar surface area (TPSA) is 59.2 Å². The first kappa shape index (κ1) is 20.8. The molecular weight excluding hydrogens is 427 g/mol. The number of hydrogen-bond donors (Lipinski definition) is 0. The molecule has 1 aliphatic rings. The van der Waals surface area contributed by atoms with Crippen molar-refractivity contribution >= 4 is 23.1 Å². The number of pyridine rings is 1. The van der Waals surface area contributed by atoms with Crippen LogP contribution in [0.4, 0.5) is 10.2 Å². The minimum absolute atomic E-state index is 0.354. The van der Waals surface area contributed by atoms with E-state index in [4.69, 9.17) is 21.7 Å². The maximum atomic E-state index is 13.5. The van der Waals surface area contributed by atoms with Gasteiger partial charge in [-0.3, -0.25) is 0 Å². The Hall–Kier alpha value is -3.06. The van der Waals surface area contributed by atoms with E-state index in [1.165, 1.54) is 12.1 Å². The van der Waals surface area contributed by atoms with Crippen molar-refractivity contribution < 1.29 is 4.39 Å². The summed E-state index contributed by atoms with van der Waals surface area (Å²) in [6.45, 7) is 5.92. The summed E-state index contributed by atoms with van der Waals surface area (Å²) >= 11 is 6.34. The van der Waals surface area contributed by atoms with Crippen LogP contribution in [0.3, 0.4) is 0 Å². The second-order valence-corrected chi connectivity index (χ2v) is 8.91. The first-order chi connectivity index (χ1) is 15.5. The van der Waals surface area contributed by atoms with Crippen LogP contribution in [-0.2, 0) is 6.42 Å². The van der Waals surface area contributed by atoms with Crippen molar-refractivity contribution in [3.05, 3.63) is 70.8 Å². The molecule has 0 amide bonds. The van der Waals surface area contributed by atoms with Gasteiger partial charge in [0.1, 0.15) is 18.0 Å². The van der Waals surface area contributed by atoms with Crippen molar-refractivity contribution in [3.63, 3.8) is 0 Å². The molecule has 0 saturated carbocycles. The second kappa shape index (κ2) is 8.47. The lowest BCUT2D eigenvalue weighted by Crippen LogP contribution is -2.35. The Morgan fingerprint density at radius 2 is 1.88 bits per heavy atom. The summed E-state index contributed by atoms with van der Waals surface area (Å²) in [5.74, 6) is 1.99. The Morgan fingerprint density at radius 1 is 1.06 bits per heavy atom. The first-order valence-corrected chi connectivity index (χ1v) is 11.2. The number of fused-ring (bicyclic) bond motifs is 1. The van der Waals surface area contributed by atoms with E-state index in [0.717, 1.165) is 72.0 Å². The van der Waals surface area contributed by atoms with Crippen molar-refractivity contribution in [2.24, 2.45) is 5.92 Å². The quantitative estimate of drug-likeness (QED) is 0.435. The van der Waals surface area contributed by atoms with Gasteiger partial charge in [0.15, 0.2) is 11.5 Å². The minimum Gasteiger partial charge on any atom is -0.356 e. The lowest BCUT2D eigenvalue weighted by Gasteiger charge is -2.32. The van der Waals surface area contributed by atoms with Crippen molar-refractivity contribution in [1.82, 2.24) is 24.6 Å². The third-order valence-corrected chi connectivity index (χ3v) is 6.35. The highest BCUT2D eigenvalue weighted by molar-refractivity contribution is 6.33. The smallest absolute Gasteiger partial charge is 0.163 e. The summed E-state index contributed by atoms with van der Waals surface area (Å²) in [6, 6.07) is 8.51. The predicted octanol–water partition coefficient (Wildman–Crippen LogP) is 5.05. The molecule has 4 heterocycles. The maximum absolute atomic E-state index is 13.5. The highest BCUT2D eigenvalue weighted by atomic mass is 35.5. The Morgan fingerprint density at radius 3 is 2.62 bits per heavy atom. The van der Waals surface area contributed by atoms with E-state index in [1.54, 1.807) is 12.4 Å². The number of aryl methyl sites for hydroxylation is 2. The normalized spacial score (nSPS) is 14.9. The monoisotopic (exact) mass is 450 g/mol. The number of anilines is 1. The molecule has 164 valence electrons. The summed E-state index contributed by atoms with van der Waals surface area (Å²) in [5, 5.41) is 5.11. The van der Waals surface area contributed by atoms with Crippen LogP contribution >= 0.6 is 11.6 Å². The number of piperidine rings is 1. The fourth-order valence-electron chi connectivity index (χ4n) is 4.39. The zero-order chi connectivity index (χ0) is 22.2. The van der Waals surface area contributed by atoms with Gasteiger partial charge < -0.3 is 4.90 Å². The van der Waals surface area contributed by atoms with Crippen molar-refractivity contribution in [3.8, 4) is 11.1 Å². The molecule has 0 unspecified atom stereocenters. The molecule has 0 atom stereocenters. The third kappa shape index (κ3) is 4.17. The Bertz CT molecular complexity index is 1280. The lowest BCUT2D eigenvalue weighted by atomic mass is 9.93. The Balaban J connectivity index is 1.36. The first-order valence-electron chi connectivity index (χ1n) is 10.8. The van der Waals surface area contributed by atoms with Crippen LogP contribution in [0.25, 0.3) is 16.8 Å². The molecule has 0 radical (unpaired) electrons. The lowest BCUT2D eigenvalue weighted by molar-refractivity contribution is 0.395. The molecule has 0 spiro atoms. The zero-order valence-corrected chi connectivity index (χ0v) is 18.8. The number of rotatable bonds is 4. The van der Waals surface area contributed by atoms with Gasteiger partial charge in [0, 0.05) is 48.6 Å². The summed E-state index contributed by atoms with van der Waals surface area (Å²) in [4.78, 5) is 15.8. The highest BCUT2D eigenvalue weighted by Gasteiger charge is 2.23. The number of aromatic nitrogens is 5. The fraction of sp³-hybridized carbons (Fsp3) is 0.333. The average Bonchev–Trinajstić information content (AvgIpc) is 3.16. The number of benzene rings is 1. The summed E-state index contributed by atoms with van der Waals surface area (Å²) in [6.07, 6.45) is 6.55. The molecule has 6 nitrogen and oxygen atoms in total. The zero-order valence-electron chi connectivity index (χ0n) is 18.1. The van der Waals surface area contributed by atoms with Crippen LogP contribution in [0.1, 0.15) is 29.9 Å². The van der Waals surface area contributed by atoms with Crippen molar-refractivity contribution in [1.29, 1.82) is 0 Å². The van der Waals surface area contributed by atoms with Gasteiger partial charge in [-0.1, -0.05) is 11.6 Å². The Kier molecular flexibility index (Phi) is 5.51. The van der Waals surface area contributed by atoms with E-state index in [9.17, 15) is 4.39 Å². The standard InChI is InChI=1S/C24H24ClFN6/c1-15-9-20(19-4-3-18(26)12-21(19)25)24-29-22(30-32(24)13-15)11-17-5-7-31(8-6-17)23-10-16(2)27-14-28-23/h3-4,9-10,12-14,17H,5-8,11H2,1-2H3. The fourth-order valence-corrected chi connectivity index (χ4v) is 4.66. The van der Waals surface area contributed by atoms with Crippen LogP contribution in [0.2, 0.25) is 5.02 Å². The maximum Gasteiger partial charge on any atom is 0.163 e. The van der Waals surface area contributed by atoms with Gasteiger partial charge in [0.2, 0.25) is 0 Å². The van der Waals surface area contributed by atoms with E-state index >= 15 is 0 Å². The molecule has 5 rings (SSSR count). The average molecular weight is 451 g/mol. The number of halogens is 2. The van der Waals surface area contributed by atoms with Crippen LogP contribution < -0.4 is 4.90 Å². The molecule has 0 bridgehead atoms. The third-order valence-electron chi connectivity index (χ3n) is 6.03. The molecule has 32 heavy (non-hydrogen) atoms. The predicted molar refractivity (Wildman–Crippen MR) is 124 cm³/mol. The SMILES string of the molecule is Cc1cc(-c2ccc(F)cc2Cl)c2nc(CC3CCN(c4cc(C)ncn4)CC3)nn2c1. The van der Waals surface area contributed by atoms with Gasteiger partial charge in [0.25, 0.3) is 0 Å². The minimum atomic E-state index is -0.354. The van der Waals surface area contributed by atoms with E-state index in [0.29, 0.717) is 10.9 Å². The van der Waals surface area contributed by atoms with Crippen molar-refractivity contribution in [2.45, 2.75) is 33.1 Å². The molecule has 0 aliphatic carbocycles. The molecular formula is C24H24ClFN6. The summed E-state index contributed by atoms with van der Waals surface area (Å²) in [5.41, 5.74) is 4.39. The van der Waals surface area contributed by atoms with Gasteiger partial charge in [-0.15, -0.1) is 0 Å². The highest BCUT2D eigenvalue weighted by Crippen LogP contribution is 2.32. The van der Waals surface area contributed by atoms with Gasteiger partial charge in [0.05, 0.1) is 5.02 Å². The molecule has 1 aromatic carbocycles. The Labute approximate surface area is 191 Å². The van der Waals surface area contributed by atoms with Crippen LogP contribution in [-0.4, -0.2) is 37.7 Å². The second-order valence-electron chi connectivity index (χ2n) is 8.50. The van der Waals surface area contributed by atoms with Gasteiger partial charge in [-0.05, 0) is 62.4 Å². The van der Waals surface area contributed by atoms with E-state index in [2.05, 4.69) is 14.9 Å². The summed E-state index contributed by atoms with van der Waals surface area (Å²) in [7, 11) is 0. The molecule has 1 aliphatic heterocycles. The number of nitrogens with zero attached hydrogens (tertiary/aromatic N) is 6. The van der Waals surface area contributed by atoms with E-state index in [1.807, 2.05) is 36.7 Å². The molecule has 3 aromatic heterocycles. The molecule has 4 aromatic rings. The van der Waals surface area contributed by atoms with Crippen LogP contribution in [0.15, 0.2) is 42.9 Å². The van der Waals surface area contributed by atoms with Gasteiger partial charge in [-0.25, -0.2) is 23.9 Å². The molecule has 0 N–H and O–H groups in total. The van der Waals surface area contributed by atoms with Gasteiger partial charge in [-0.2, -0.15) is 5.10 Å². The van der Waals surface area contributed by atoms with Crippen molar-refractivity contribution in [2.75, 3.05) is 18.0 Å². The summed E-state index contributed by atoms with van der Waals surface area (Å²) < 4.78 is 15.4. The van der Waals surface area contributed by atoms with Crippen LogP contribution in [0, 0.1) is 25.6 Å². The van der Waals surface area contributed by atoms with Gasteiger partial charge >= 0.3 is 0 Å². The number of hydrogen-bond acceptors (Lipinski definition) is 5. The van der Waals surface area contributed by atoms with E-state index < -0.39 is 0 Å². The molecule has 1 fully saturated rings.